The molecule has 2 bridgehead atoms. The molecule has 0 aromatic rings. The Balaban J connectivity index is 1.80. The second kappa shape index (κ2) is 3.58. The van der Waals surface area contributed by atoms with Crippen LogP contribution in [-0.2, 0) is 19.1 Å². The van der Waals surface area contributed by atoms with Gasteiger partial charge in [0.25, 0.3) is 0 Å². The molecule has 2 saturated carbocycles. The summed E-state index contributed by atoms with van der Waals surface area (Å²) in [5.41, 5.74) is 0. The fourth-order valence-electron chi connectivity index (χ4n) is 3.56. The van der Waals surface area contributed by atoms with Gasteiger partial charge >= 0.3 is 11.9 Å². The van der Waals surface area contributed by atoms with Crippen molar-refractivity contribution in [2.24, 2.45) is 23.7 Å². The zero-order chi connectivity index (χ0) is 11.4. The summed E-state index contributed by atoms with van der Waals surface area (Å²) in [6, 6.07) is 0. The molecule has 1 aliphatic heterocycles. The van der Waals surface area contributed by atoms with E-state index in [0.717, 1.165) is 6.42 Å². The summed E-state index contributed by atoms with van der Waals surface area (Å²) in [7, 11) is 0. The van der Waals surface area contributed by atoms with E-state index in [2.05, 4.69) is 22.6 Å². The van der Waals surface area contributed by atoms with Gasteiger partial charge in [0.05, 0.1) is 16.4 Å². The first-order valence-electron chi connectivity index (χ1n) is 5.57. The van der Waals surface area contributed by atoms with E-state index in [1.54, 1.807) is 0 Å². The predicted molar refractivity (Wildman–Crippen MR) is 62.9 cm³/mol. The highest BCUT2D eigenvalue weighted by molar-refractivity contribution is 14.1. The van der Waals surface area contributed by atoms with Gasteiger partial charge < -0.3 is 9.47 Å². The minimum absolute atomic E-state index is 0.0136. The van der Waals surface area contributed by atoms with Crippen molar-refractivity contribution in [3.8, 4) is 0 Å². The Hall–Kier alpha value is -0.330. The fourth-order valence-corrected chi connectivity index (χ4v) is 5.07. The number of hydrogen-bond acceptors (Lipinski definition) is 4. The van der Waals surface area contributed by atoms with Crippen LogP contribution in [0.3, 0.4) is 0 Å². The highest BCUT2D eigenvalue weighted by Gasteiger charge is 2.65. The number of halogens is 1. The van der Waals surface area contributed by atoms with Crippen LogP contribution in [0.4, 0.5) is 0 Å². The monoisotopic (exact) mass is 336 g/mol. The average molecular weight is 336 g/mol. The molecule has 16 heavy (non-hydrogen) atoms. The maximum atomic E-state index is 11.7. The lowest BCUT2D eigenvalue weighted by atomic mass is 9.80. The van der Waals surface area contributed by atoms with Gasteiger partial charge in [-0.05, 0) is 12.3 Å². The van der Waals surface area contributed by atoms with Gasteiger partial charge in [-0.2, -0.15) is 0 Å². The van der Waals surface area contributed by atoms with Gasteiger partial charge in [-0.3, -0.25) is 9.59 Å². The molecular weight excluding hydrogens is 323 g/mol. The van der Waals surface area contributed by atoms with E-state index in [0.29, 0.717) is 22.4 Å². The first kappa shape index (κ1) is 10.8. The van der Waals surface area contributed by atoms with Crippen molar-refractivity contribution in [1.29, 1.82) is 0 Å². The molecule has 4 nitrogen and oxygen atoms in total. The molecule has 0 aromatic carbocycles. The zero-order valence-corrected chi connectivity index (χ0v) is 11.0. The third-order valence-corrected chi connectivity index (χ3v) is 5.80. The summed E-state index contributed by atoms with van der Waals surface area (Å²) in [6.45, 7) is 1.78. The second-order valence-electron chi connectivity index (χ2n) is 4.90. The van der Waals surface area contributed by atoms with Crippen molar-refractivity contribution in [2.45, 2.75) is 23.4 Å². The first-order valence-corrected chi connectivity index (χ1v) is 6.82. The minimum Gasteiger partial charge on any atom is -0.466 e. The van der Waals surface area contributed by atoms with Crippen molar-refractivity contribution in [3.63, 3.8) is 0 Å². The summed E-state index contributed by atoms with van der Waals surface area (Å²) in [4.78, 5) is 22.6. The van der Waals surface area contributed by atoms with E-state index < -0.39 is 0 Å². The molecule has 88 valence electrons. The third-order valence-electron chi connectivity index (χ3n) is 4.17. The molecule has 0 amide bonds. The molecule has 3 rings (SSSR count). The topological polar surface area (TPSA) is 52.6 Å². The molecule has 0 spiro atoms. The molecule has 5 heteroatoms. The number of esters is 2. The number of carbonyl (C=O) groups excluding carboxylic acids is 2. The van der Waals surface area contributed by atoms with E-state index in [1.165, 1.54) is 6.92 Å². The fraction of sp³-hybridized carbons (Fsp3) is 0.818. The zero-order valence-electron chi connectivity index (χ0n) is 8.89. The summed E-state index contributed by atoms with van der Waals surface area (Å²) >= 11 is 2.38. The molecule has 1 saturated heterocycles. The number of carbonyl (C=O) groups is 2. The van der Waals surface area contributed by atoms with Crippen LogP contribution in [0.15, 0.2) is 0 Å². The van der Waals surface area contributed by atoms with E-state index in [-0.39, 0.29) is 29.9 Å². The maximum absolute atomic E-state index is 11.7. The summed E-state index contributed by atoms with van der Waals surface area (Å²) in [5.74, 6) is 0.679. The molecule has 1 heterocycles. The van der Waals surface area contributed by atoms with Crippen LogP contribution in [0.25, 0.3) is 0 Å². The van der Waals surface area contributed by atoms with Crippen LogP contribution in [0, 0.1) is 23.7 Å². The van der Waals surface area contributed by atoms with E-state index in [9.17, 15) is 9.59 Å². The van der Waals surface area contributed by atoms with Crippen LogP contribution >= 0.6 is 22.6 Å². The second-order valence-corrected chi connectivity index (χ2v) is 6.34. The summed E-state index contributed by atoms with van der Waals surface area (Å²) < 4.78 is 10.9. The standard InChI is InChI=1S/C11H13IO4/c1-4(13)15-3-7-5-2-6-8(7)11(14)16-10(6)9(5)12/h5-10H,2-3H2,1H3/t5-,6-,7-,8+,9+,10+/m1/s1. The Kier molecular flexibility index (Phi) is 2.42. The molecule has 0 unspecified atom stereocenters. The highest BCUT2D eigenvalue weighted by atomic mass is 127. The number of rotatable bonds is 2. The Bertz CT molecular complexity index is 356. The Morgan fingerprint density at radius 1 is 1.56 bits per heavy atom. The van der Waals surface area contributed by atoms with Crippen LogP contribution in [0.1, 0.15) is 13.3 Å². The Labute approximate surface area is 107 Å². The summed E-state index contributed by atoms with van der Waals surface area (Å²) in [5, 5.41) is 0. The van der Waals surface area contributed by atoms with Crippen LogP contribution in [-0.4, -0.2) is 28.6 Å². The van der Waals surface area contributed by atoms with Gasteiger partial charge in [0.1, 0.15) is 6.10 Å². The number of fused-ring (bicyclic) bond motifs is 1. The third kappa shape index (κ3) is 1.33. The average Bonchev–Trinajstić information content (AvgIpc) is 2.79. The first-order chi connectivity index (χ1) is 7.59. The van der Waals surface area contributed by atoms with Gasteiger partial charge in [0.15, 0.2) is 0 Å². The van der Waals surface area contributed by atoms with Gasteiger partial charge in [0.2, 0.25) is 0 Å². The summed E-state index contributed by atoms with van der Waals surface area (Å²) in [6.07, 6.45) is 1.18. The van der Waals surface area contributed by atoms with Crippen molar-refractivity contribution >= 4 is 34.5 Å². The lowest BCUT2D eigenvalue weighted by Gasteiger charge is -2.27. The van der Waals surface area contributed by atoms with Crippen molar-refractivity contribution in [1.82, 2.24) is 0 Å². The number of ether oxygens (including phenoxy) is 2. The lowest BCUT2D eigenvalue weighted by molar-refractivity contribution is -0.148. The molecule has 6 atom stereocenters. The molecular formula is C11H13IO4. The normalized spacial score (nSPS) is 48.2. The van der Waals surface area contributed by atoms with Gasteiger partial charge in [-0.1, -0.05) is 22.6 Å². The molecule has 3 fully saturated rings. The minimum atomic E-state index is -0.268. The molecule has 0 N–H and O–H groups in total. The Morgan fingerprint density at radius 2 is 2.31 bits per heavy atom. The SMILES string of the molecule is CC(=O)OC[C@@H]1[C@H]2C[C@H]3[C@H](OC(=O)[C@H]13)[C@H]2I. The van der Waals surface area contributed by atoms with Gasteiger partial charge in [-0.25, -0.2) is 0 Å². The highest BCUT2D eigenvalue weighted by Crippen LogP contribution is 2.59. The maximum Gasteiger partial charge on any atom is 0.310 e. The van der Waals surface area contributed by atoms with Gasteiger partial charge in [0, 0.05) is 18.8 Å². The van der Waals surface area contributed by atoms with Crippen molar-refractivity contribution in [2.75, 3.05) is 6.61 Å². The Morgan fingerprint density at radius 3 is 3.00 bits per heavy atom. The number of hydrogen-bond donors (Lipinski definition) is 0. The number of alkyl halides is 1. The van der Waals surface area contributed by atoms with E-state index in [4.69, 9.17) is 9.47 Å². The smallest absolute Gasteiger partial charge is 0.310 e. The largest absolute Gasteiger partial charge is 0.466 e. The quantitative estimate of drug-likeness (QED) is 0.431. The van der Waals surface area contributed by atoms with Gasteiger partial charge in [-0.15, -0.1) is 0 Å². The molecule has 2 aliphatic carbocycles. The van der Waals surface area contributed by atoms with Crippen LogP contribution in [0.2, 0.25) is 0 Å². The van der Waals surface area contributed by atoms with Crippen LogP contribution in [0.5, 0.6) is 0 Å². The molecule has 3 aliphatic rings. The molecule has 0 aromatic heterocycles. The van der Waals surface area contributed by atoms with Crippen molar-refractivity contribution < 1.29 is 19.1 Å². The van der Waals surface area contributed by atoms with Crippen LogP contribution < -0.4 is 0 Å². The van der Waals surface area contributed by atoms with E-state index >= 15 is 0 Å². The van der Waals surface area contributed by atoms with Crippen molar-refractivity contribution in [3.05, 3.63) is 0 Å². The van der Waals surface area contributed by atoms with E-state index in [1.807, 2.05) is 0 Å². The predicted octanol–water partition coefficient (Wildman–Crippen LogP) is 1.16. The lowest BCUT2D eigenvalue weighted by Crippen LogP contribution is -2.36. The molecule has 0 radical (unpaired) electrons.